The highest BCUT2D eigenvalue weighted by molar-refractivity contribution is 6.08. The molecule has 0 aromatic heterocycles. The van der Waals surface area contributed by atoms with Gasteiger partial charge >= 0.3 is 5.97 Å². The number of nitrogens with zero attached hydrogens (tertiary/aromatic N) is 1. The molecule has 33 heavy (non-hydrogen) atoms. The fraction of sp³-hybridized carbons (Fsp3) is 0.360. The largest absolute Gasteiger partial charge is 0.457 e. The Morgan fingerprint density at radius 2 is 1.48 bits per heavy atom. The molecule has 2 bridgehead atoms. The molecule has 2 aromatic rings. The van der Waals surface area contributed by atoms with Crippen LogP contribution >= 0.6 is 0 Å². The molecule has 0 unspecified atom stereocenters. The molecule has 5 rings (SSSR count). The predicted octanol–water partition coefficient (Wildman–Crippen LogP) is 2.99. The normalized spacial score (nSPS) is 25.2. The van der Waals surface area contributed by atoms with Crippen LogP contribution in [-0.4, -0.2) is 41.7 Å². The molecule has 3 fully saturated rings. The zero-order valence-corrected chi connectivity index (χ0v) is 17.9. The van der Waals surface area contributed by atoms with Gasteiger partial charge in [-0.15, -0.1) is 0 Å². The van der Waals surface area contributed by atoms with E-state index in [1.54, 1.807) is 24.3 Å². The fourth-order valence-electron chi connectivity index (χ4n) is 5.38. The summed E-state index contributed by atoms with van der Waals surface area (Å²) < 4.78 is 10.7. The number of benzene rings is 2. The van der Waals surface area contributed by atoms with E-state index in [-0.39, 0.29) is 35.5 Å². The van der Waals surface area contributed by atoms with Crippen molar-refractivity contribution in [3.63, 3.8) is 0 Å². The fourth-order valence-corrected chi connectivity index (χ4v) is 5.38. The third-order valence-electron chi connectivity index (χ3n) is 6.79. The van der Waals surface area contributed by atoms with Crippen molar-refractivity contribution in [1.82, 2.24) is 4.90 Å². The number of amides is 3. The Labute approximate surface area is 190 Å². The summed E-state index contributed by atoms with van der Waals surface area (Å²) in [5.41, 5.74) is 0.518. The van der Waals surface area contributed by atoms with Crippen LogP contribution in [0.4, 0.5) is 5.69 Å². The van der Waals surface area contributed by atoms with Gasteiger partial charge in [-0.05, 0) is 67.5 Å². The Morgan fingerprint density at radius 3 is 2.12 bits per heavy atom. The lowest BCUT2D eigenvalue weighted by atomic mass is 9.81. The third kappa shape index (κ3) is 4.20. The predicted molar refractivity (Wildman–Crippen MR) is 117 cm³/mol. The van der Waals surface area contributed by atoms with E-state index in [0.717, 1.165) is 24.2 Å². The maximum Gasteiger partial charge on any atom is 0.326 e. The van der Waals surface area contributed by atoms with Crippen LogP contribution in [0.25, 0.3) is 0 Å². The summed E-state index contributed by atoms with van der Waals surface area (Å²) in [5.74, 6) is -0.549. The first kappa shape index (κ1) is 21.2. The smallest absolute Gasteiger partial charge is 0.326 e. The molecule has 1 aliphatic heterocycles. The van der Waals surface area contributed by atoms with E-state index in [4.69, 9.17) is 9.47 Å². The average molecular weight is 448 g/mol. The number of anilines is 1. The number of carbonyl (C=O) groups is 4. The van der Waals surface area contributed by atoms with Gasteiger partial charge in [-0.2, -0.15) is 0 Å². The van der Waals surface area contributed by atoms with Gasteiger partial charge in [0.1, 0.15) is 18.0 Å². The molecule has 0 spiro atoms. The molecule has 8 nitrogen and oxygen atoms in total. The number of imide groups is 1. The lowest BCUT2D eigenvalue weighted by Gasteiger charge is -2.19. The molecule has 3 amide bonds. The number of esters is 1. The van der Waals surface area contributed by atoms with Gasteiger partial charge in [0.25, 0.3) is 5.91 Å². The number of para-hydroxylation sites is 1. The van der Waals surface area contributed by atoms with Crippen molar-refractivity contribution in [2.45, 2.75) is 19.3 Å². The van der Waals surface area contributed by atoms with Crippen molar-refractivity contribution in [2.24, 2.45) is 23.7 Å². The van der Waals surface area contributed by atoms with Crippen molar-refractivity contribution < 1.29 is 28.7 Å². The van der Waals surface area contributed by atoms with Gasteiger partial charge < -0.3 is 14.8 Å². The van der Waals surface area contributed by atoms with E-state index in [2.05, 4.69) is 5.32 Å². The molecular weight excluding hydrogens is 424 g/mol. The number of hydrogen-bond acceptors (Lipinski definition) is 6. The number of hydrogen-bond donors (Lipinski definition) is 1. The Hall–Kier alpha value is -3.68. The molecule has 2 aromatic carbocycles. The maximum absolute atomic E-state index is 12.7. The summed E-state index contributed by atoms with van der Waals surface area (Å²) in [6.07, 6.45) is 2.88. The lowest BCUT2D eigenvalue weighted by molar-refractivity contribution is -0.154. The molecule has 1 heterocycles. The van der Waals surface area contributed by atoms with Gasteiger partial charge in [0, 0.05) is 5.69 Å². The SMILES string of the molecule is O=C(COC(=O)CN1C(=O)[C@@H]2[C@H]3CC[C@@H](C3)[C@H]2C1=O)Nc1ccc(Oc2ccccc2)cc1. The highest BCUT2D eigenvalue weighted by Gasteiger charge is 2.61. The zero-order chi connectivity index (χ0) is 22.9. The zero-order valence-electron chi connectivity index (χ0n) is 17.9. The van der Waals surface area contributed by atoms with E-state index < -0.39 is 25.0 Å². The van der Waals surface area contributed by atoms with Crippen molar-refractivity contribution in [3.05, 3.63) is 54.6 Å². The van der Waals surface area contributed by atoms with Gasteiger partial charge in [-0.25, -0.2) is 0 Å². The van der Waals surface area contributed by atoms with Crippen LogP contribution in [0.15, 0.2) is 54.6 Å². The van der Waals surface area contributed by atoms with Gasteiger partial charge in [-0.1, -0.05) is 18.2 Å². The van der Waals surface area contributed by atoms with Crippen LogP contribution in [0.2, 0.25) is 0 Å². The van der Waals surface area contributed by atoms with Crippen LogP contribution < -0.4 is 10.1 Å². The van der Waals surface area contributed by atoms with Crippen LogP contribution in [0.3, 0.4) is 0 Å². The molecule has 3 aliphatic rings. The van der Waals surface area contributed by atoms with E-state index >= 15 is 0 Å². The van der Waals surface area contributed by atoms with Crippen molar-refractivity contribution >= 4 is 29.4 Å². The molecule has 2 saturated carbocycles. The second-order valence-corrected chi connectivity index (χ2v) is 8.80. The van der Waals surface area contributed by atoms with Crippen molar-refractivity contribution in [1.29, 1.82) is 0 Å². The van der Waals surface area contributed by atoms with Crippen molar-refractivity contribution in [3.8, 4) is 11.5 Å². The van der Waals surface area contributed by atoms with Crippen LogP contribution in [0.5, 0.6) is 11.5 Å². The summed E-state index contributed by atoms with van der Waals surface area (Å²) in [6, 6.07) is 16.1. The van der Waals surface area contributed by atoms with Gasteiger partial charge in [0.05, 0.1) is 11.8 Å². The van der Waals surface area contributed by atoms with E-state index in [0.29, 0.717) is 17.2 Å². The molecule has 1 N–H and O–H groups in total. The summed E-state index contributed by atoms with van der Waals surface area (Å²) in [7, 11) is 0. The van der Waals surface area contributed by atoms with Gasteiger partial charge in [0.15, 0.2) is 6.61 Å². The standard InChI is InChI=1S/C25H24N2O6/c28-20(26-17-8-10-19(11-9-17)33-18-4-2-1-3-5-18)14-32-21(29)13-27-24(30)22-15-6-7-16(12-15)23(22)25(27)31/h1-5,8-11,15-16,22-23H,6-7,12-14H2,(H,26,28)/t15-,16-,22+,23+/m0/s1. The Balaban J connectivity index is 1.09. The summed E-state index contributed by atoms with van der Waals surface area (Å²) in [4.78, 5) is 50.7. The first-order chi connectivity index (χ1) is 16.0. The van der Waals surface area contributed by atoms with Crippen LogP contribution in [-0.2, 0) is 23.9 Å². The molecule has 170 valence electrons. The minimum atomic E-state index is -0.772. The second kappa shape index (κ2) is 8.69. The minimum Gasteiger partial charge on any atom is -0.457 e. The monoisotopic (exact) mass is 448 g/mol. The third-order valence-corrected chi connectivity index (χ3v) is 6.79. The molecule has 2 aliphatic carbocycles. The summed E-state index contributed by atoms with van der Waals surface area (Å²) >= 11 is 0. The highest BCUT2D eigenvalue weighted by Crippen LogP contribution is 2.56. The first-order valence-electron chi connectivity index (χ1n) is 11.1. The number of nitrogens with one attached hydrogen (secondary N) is 1. The van der Waals surface area contributed by atoms with Crippen molar-refractivity contribution in [2.75, 3.05) is 18.5 Å². The van der Waals surface area contributed by atoms with Gasteiger partial charge in [-0.3, -0.25) is 24.1 Å². The second-order valence-electron chi connectivity index (χ2n) is 8.80. The van der Waals surface area contributed by atoms with Crippen LogP contribution in [0.1, 0.15) is 19.3 Å². The number of likely N-dealkylation sites (tertiary alicyclic amines) is 1. The quantitative estimate of drug-likeness (QED) is 0.516. The van der Waals surface area contributed by atoms with Gasteiger partial charge in [0.2, 0.25) is 11.8 Å². The van der Waals surface area contributed by atoms with E-state index in [9.17, 15) is 19.2 Å². The molecule has 0 radical (unpaired) electrons. The molecule has 4 atom stereocenters. The Bertz CT molecular complexity index is 1060. The number of fused-ring (bicyclic) bond motifs is 5. The summed E-state index contributed by atoms with van der Waals surface area (Å²) in [5, 5.41) is 2.63. The molecule has 1 saturated heterocycles. The minimum absolute atomic E-state index is 0.257. The lowest BCUT2D eigenvalue weighted by Crippen LogP contribution is -2.38. The maximum atomic E-state index is 12.7. The topological polar surface area (TPSA) is 102 Å². The first-order valence-corrected chi connectivity index (χ1v) is 11.1. The molecule has 8 heteroatoms. The number of ether oxygens (including phenoxy) is 2. The number of rotatable bonds is 7. The summed E-state index contributed by atoms with van der Waals surface area (Å²) in [6.45, 7) is -0.946. The van der Waals surface area contributed by atoms with Crippen LogP contribution in [0, 0.1) is 23.7 Å². The highest BCUT2D eigenvalue weighted by atomic mass is 16.5. The Kier molecular flexibility index (Phi) is 5.58. The van der Waals surface area contributed by atoms with E-state index in [1.807, 2.05) is 30.3 Å². The molecular formula is C25H24N2O6. The number of carbonyl (C=O) groups excluding carboxylic acids is 4. The Morgan fingerprint density at radius 1 is 0.879 bits per heavy atom. The van der Waals surface area contributed by atoms with E-state index in [1.165, 1.54) is 0 Å². The average Bonchev–Trinajstić information content (AvgIpc) is 3.50.